The maximum Gasteiger partial charge on any atom is 0.333 e. The number of rotatable bonds is 3. The Kier molecular flexibility index (Phi) is 1.94. The van der Waals surface area contributed by atoms with Crippen LogP contribution in [0.2, 0.25) is 0 Å². The molecule has 1 rings (SSSR count). The van der Waals surface area contributed by atoms with Gasteiger partial charge in [0.1, 0.15) is 0 Å². The van der Waals surface area contributed by atoms with E-state index in [1.54, 1.807) is 0 Å². The lowest BCUT2D eigenvalue weighted by atomic mass is 10.1. The molecule has 1 fully saturated rings. The van der Waals surface area contributed by atoms with Gasteiger partial charge in [-0.05, 0) is 25.2 Å². The molecule has 3 N–H and O–H groups in total. The highest BCUT2D eigenvalue weighted by atomic mass is 16.4. The molecule has 1 aliphatic carbocycles. The molecule has 0 saturated heterocycles. The fraction of sp³-hybridized carbons (Fsp3) is 0.571. The summed E-state index contributed by atoms with van der Waals surface area (Å²) in [5, 5.41) is 8.50. The van der Waals surface area contributed by atoms with Gasteiger partial charge in [0, 0.05) is 6.20 Å². The molecule has 0 atom stereocenters. The Morgan fingerprint density at radius 3 is 2.60 bits per heavy atom. The smallest absolute Gasteiger partial charge is 0.333 e. The van der Waals surface area contributed by atoms with Crippen LogP contribution < -0.4 is 5.73 Å². The number of carboxylic acids is 1. The molecule has 0 aromatic heterocycles. The molecule has 0 radical (unpaired) electrons. The zero-order valence-electron chi connectivity index (χ0n) is 5.71. The Labute approximate surface area is 59.5 Å². The fourth-order valence-electron chi connectivity index (χ4n) is 0.860. The Bertz CT molecular complexity index is 170. The van der Waals surface area contributed by atoms with Crippen molar-refractivity contribution in [3.05, 3.63) is 11.8 Å². The van der Waals surface area contributed by atoms with E-state index < -0.39 is 5.97 Å². The Balaban J connectivity index is 2.40. The quantitative estimate of drug-likeness (QED) is 0.569. The number of hydrogen-bond acceptors (Lipinski definition) is 2. The molecule has 0 bridgehead atoms. The second-order valence-electron chi connectivity index (χ2n) is 2.64. The van der Waals surface area contributed by atoms with Crippen LogP contribution in [0.3, 0.4) is 0 Å². The molecule has 56 valence electrons. The molecular weight excluding hydrogens is 130 g/mol. The molecule has 0 amide bonds. The van der Waals surface area contributed by atoms with Gasteiger partial charge in [0.15, 0.2) is 0 Å². The predicted molar refractivity (Wildman–Crippen MR) is 37.2 cm³/mol. The van der Waals surface area contributed by atoms with Gasteiger partial charge in [-0.2, -0.15) is 0 Å². The summed E-state index contributed by atoms with van der Waals surface area (Å²) in [4.78, 5) is 10.3. The molecule has 0 aromatic rings. The van der Waals surface area contributed by atoms with E-state index in [0.29, 0.717) is 17.9 Å². The summed E-state index contributed by atoms with van der Waals surface area (Å²) in [6, 6.07) is 0. The van der Waals surface area contributed by atoms with Crippen molar-refractivity contribution < 1.29 is 9.90 Å². The van der Waals surface area contributed by atoms with Gasteiger partial charge in [0.25, 0.3) is 0 Å². The summed E-state index contributed by atoms with van der Waals surface area (Å²) >= 11 is 0. The summed E-state index contributed by atoms with van der Waals surface area (Å²) in [6.45, 7) is 0. The van der Waals surface area contributed by atoms with Crippen molar-refractivity contribution >= 4 is 5.97 Å². The highest BCUT2D eigenvalue weighted by molar-refractivity contribution is 5.86. The van der Waals surface area contributed by atoms with E-state index >= 15 is 0 Å². The lowest BCUT2D eigenvalue weighted by Gasteiger charge is -1.96. The largest absolute Gasteiger partial charge is 0.478 e. The zero-order valence-corrected chi connectivity index (χ0v) is 5.71. The van der Waals surface area contributed by atoms with E-state index in [1.165, 1.54) is 6.20 Å². The SMILES string of the molecule is N/C=C(/CC1CC1)C(=O)O. The molecule has 0 spiro atoms. The molecule has 0 aliphatic heterocycles. The van der Waals surface area contributed by atoms with Crippen LogP contribution in [0.25, 0.3) is 0 Å². The average molecular weight is 141 g/mol. The molecule has 0 unspecified atom stereocenters. The van der Waals surface area contributed by atoms with Crippen LogP contribution >= 0.6 is 0 Å². The third kappa shape index (κ3) is 1.76. The highest BCUT2D eigenvalue weighted by Crippen LogP contribution is 2.34. The van der Waals surface area contributed by atoms with E-state index in [4.69, 9.17) is 10.8 Å². The van der Waals surface area contributed by atoms with Crippen LogP contribution in [-0.2, 0) is 4.79 Å². The third-order valence-electron chi connectivity index (χ3n) is 1.68. The maximum absolute atomic E-state index is 10.3. The average Bonchev–Trinajstić information content (AvgIpc) is 2.64. The first kappa shape index (κ1) is 7.12. The van der Waals surface area contributed by atoms with Gasteiger partial charge in [-0.25, -0.2) is 4.79 Å². The topological polar surface area (TPSA) is 63.3 Å². The van der Waals surface area contributed by atoms with Crippen molar-refractivity contribution in [3.63, 3.8) is 0 Å². The lowest BCUT2D eigenvalue weighted by molar-refractivity contribution is -0.132. The van der Waals surface area contributed by atoms with Gasteiger partial charge < -0.3 is 10.8 Å². The monoisotopic (exact) mass is 141 g/mol. The van der Waals surface area contributed by atoms with Crippen LogP contribution in [-0.4, -0.2) is 11.1 Å². The first-order valence-electron chi connectivity index (χ1n) is 3.38. The second-order valence-corrected chi connectivity index (χ2v) is 2.64. The standard InChI is InChI=1S/C7H11NO2/c8-4-6(7(9)10)3-5-1-2-5/h4-5H,1-3,8H2,(H,9,10)/b6-4-. The predicted octanol–water partition coefficient (Wildman–Crippen LogP) is 0.714. The molecular formula is C7H11NO2. The first-order chi connectivity index (χ1) is 4.74. The summed E-state index contributed by atoms with van der Waals surface area (Å²) in [7, 11) is 0. The minimum Gasteiger partial charge on any atom is -0.478 e. The van der Waals surface area contributed by atoms with Gasteiger partial charge in [-0.15, -0.1) is 0 Å². The van der Waals surface area contributed by atoms with Crippen molar-refractivity contribution in [1.29, 1.82) is 0 Å². The summed E-state index contributed by atoms with van der Waals surface area (Å²) in [5.74, 6) is -0.291. The van der Waals surface area contributed by atoms with Crippen molar-refractivity contribution in [2.75, 3.05) is 0 Å². The van der Waals surface area contributed by atoms with E-state index in [9.17, 15) is 4.79 Å². The van der Waals surface area contributed by atoms with Crippen molar-refractivity contribution in [2.45, 2.75) is 19.3 Å². The van der Waals surface area contributed by atoms with E-state index in [-0.39, 0.29) is 0 Å². The summed E-state index contributed by atoms with van der Waals surface area (Å²) in [6.07, 6.45) is 4.15. The minimum absolute atomic E-state index is 0.350. The van der Waals surface area contributed by atoms with E-state index in [1.807, 2.05) is 0 Å². The van der Waals surface area contributed by atoms with Crippen molar-refractivity contribution in [2.24, 2.45) is 11.7 Å². The Morgan fingerprint density at radius 1 is 1.70 bits per heavy atom. The van der Waals surface area contributed by atoms with Gasteiger partial charge in [0.2, 0.25) is 0 Å². The van der Waals surface area contributed by atoms with Crippen molar-refractivity contribution in [3.8, 4) is 0 Å². The van der Waals surface area contributed by atoms with E-state index in [0.717, 1.165) is 12.8 Å². The molecule has 10 heavy (non-hydrogen) atoms. The highest BCUT2D eigenvalue weighted by Gasteiger charge is 2.24. The first-order valence-corrected chi connectivity index (χ1v) is 3.38. The molecule has 0 aromatic carbocycles. The molecule has 3 heteroatoms. The molecule has 1 saturated carbocycles. The number of carboxylic acid groups (broad SMARTS) is 1. The normalized spacial score (nSPS) is 19.0. The van der Waals surface area contributed by atoms with Gasteiger partial charge >= 0.3 is 5.97 Å². The lowest BCUT2D eigenvalue weighted by Crippen LogP contribution is -2.03. The molecule has 0 heterocycles. The summed E-state index contributed by atoms with van der Waals surface area (Å²) in [5.41, 5.74) is 5.46. The van der Waals surface area contributed by atoms with Crippen LogP contribution in [0.5, 0.6) is 0 Å². The van der Waals surface area contributed by atoms with Crippen LogP contribution in [0.15, 0.2) is 11.8 Å². The number of nitrogens with two attached hydrogens (primary N) is 1. The number of hydrogen-bond donors (Lipinski definition) is 2. The van der Waals surface area contributed by atoms with Gasteiger partial charge in [0.05, 0.1) is 5.57 Å². The van der Waals surface area contributed by atoms with Crippen LogP contribution in [0.4, 0.5) is 0 Å². The van der Waals surface area contributed by atoms with Crippen molar-refractivity contribution in [1.82, 2.24) is 0 Å². The van der Waals surface area contributed by atoms with Gasteiger partial charge in [-0.3, -0.25) is 0 Å². The maximum atomic E-state index is 10.3. The van der Waals surface area contributed by atoms with Crippen LogP contribution in [0, 0.1) is 5.92 Å². The second kappa shape index (κ2) is 2.73. The third-order valence-corrected chi connectivity index (χ3v) is 1.68. The Morgan fingerprint density at radius 2 is 2.30 bits per heavy atom. The zero-order chi connectivity index (χ0) is 7.56. The Hall–Kier alpha value is -0.990. The fourth-order valence-corrected chi connectivity index (χ4v) is 0.860. The number of aliphatic carboxylic acids is 1. The summed E-state index contributed by atoms with van der Waals surface area (Å²) < 4.78 is 0. The molecule has 3 nitrogen and oxygen atoms in total. The van der Waals surface area contributed by atoms with Gasteiger partial charge in [-0.1, -0.05) is 0 Å². The molecule has 1 aliphatic rings. The minimum atomic E-state index is -0.880. The van der Waals surface area contributed by atoms with Crippen LogP contribution in [0.1, 0.15) is 19.3 Å². The van der Waals surface area contributed by atoms with E-state index in [2.05, 4.69) is 0 Å². The number of carbonyl (C=O) groups is 1.